The Hall–Kier alpha value is -1.20. The largest absolute Gasteiger partial charge is 0.302 e. The molecule has 2 rings (SSSR count). The van der Waals surface area contributed by atoms with Gasteiger partial charge in [-0.25, -0.2) is 9.97 Å². The van der Waals surface area contributed by atoms with Crippen molar-refractivity contribution in [2.24, 2.45) is 7.05 Å². The maximum Gasteiger partial charge on any atom is 0.162 e. The minimum Gasteiger partial charge on any atom is -0.302 e. The predicted octanol–water partition coefficient (Wildman–Crippen LogP) is 1.08. The average Bonchev–Trinajstić information content (AvgIpc) is 2.47. The first-order valence-corrected chi connectivity index (χ1v) is 4.94. The van der Waals surface area contributed by atoms with Crippen molar-refractivity contribution in [2.75, 3.05) is 14.1 Å². The quantitative estimate of drug-likeness (QED) is 0.718. The number of aryl methyl sites for hydroxylation is 1. The van der Waals surface area contributed by atoms with Crippen LogP contribution in [0.25, 0.3) is 11.0 Å². The first kappa shape index (κ1) is 10.3. The summed E-state index contributed by atoms with van der Waals surface area (Å²) in [5.74, 6) is 0.709. The van der Waals surface area contributed by atoms with E-state index in [-0.39, 0.29) is 0 Å². The highest BCUT2D eigenvalue weighted by Gasteiger charge is 2.09. The molecule has 2 aromatic heterocycles. The van der Waals surface area contributed by atoms with Crippen LogP contribution in [-0.4, -0.2) is 38.7 Å². The van der Waals surface area contributed by atoms with Crippen LogP contribution in [0, 0.1) is 0 Å². The second kappa shape index (κ2) is 3.75. The van der Waals surface area contributed by atoms with E-state index in [9.17, 15) is 0 Å². The lowest BCUT2D eigenvalue weighted by atomic mass is 10.4. The third kappa shape index (κ3) is 1.93. The number of rotatable bonds is 2. The monoisotopic (exact) mass is 225 g/mol. The average molecular weight is 226 g/mol. The van der Waals surface area contributed by atoms with Gasteiger partial charge in [0.25, 0.3) is 0 Å². The van der Waals surface area contributed by atoms with E-state index in [0.717, 1.165) is 11.0 Å². The minimum atomic E-state index is 0.463. The number of aromatic nitrogens is 4. The van der Waals surface area contributed by atoms with Gasteiger partial charge in [0, 0.05) is 7.05 Å². The fourth-order valence-corrected chi connectivity index (χ4v) is 1.61. The topological polar surface area (TPSA) is 46.8 Å². The lowest BCUT2D eigenvalue weighted by Gasteiger charge is -2.08. The van der Waals surface area contributed by atoms with Crippen LogP contribution in [0.3, 0.4) is 0 Å². The smallest absolute Gasteiger partial charge is 0.162 e. The summed E-state index contributed by atoms with van der Waals surface area (Å²) in [5.41, 5.74) is 0.770. The fraction of sp³-hybridized carbons (Fsp3) is 0.444. The van der Waals surface area contributed by atoms with Crippen molar-refractivity contribution in [2.45, 2.75) is 6.54 Å². The maximum atomic E-state index is 6.04. The van der Waals surface area contributed by atoms with Gasteiger partial charge in [-0.2, -0.15) is 5.10 Å². The number of nitrogens with zero attached hydrogens (tertiary/aromatic N) is 5. The summed E-state index contributed by atoms with van der Waals surface area (Å²) in [6.45, 7) is 0.668. The molecule has 0 radical (unpaired) electrons. The minimum absolute atomic E-state index is 0.463. The van der Waals surface area contributed by atoms with Gasteiger partial charge in [-0.1, -0.05) is 11.6 Å². The first-order chi connectivity index (χ1) is 7.08. The van der Waals surface area contributed by atoms with Crippen molar-refractivity contribution in [3.63, 3.8) is 0 Å². The van der Waals surface area contributed by atoms with Crippen LogP contribution in [0.2, 0.25) is 5.15 Å². The Morgan fingerprint density at radius 2 is 2.13 bits per heavy atom. The van der Waals surface area contributed by atoms with Gasteiger partial charge in [-0.3, -0.25) is 4.68 Å². The Kier molecular flexibility index (Phi) is 2.58. The van der Waals surface area contributed by atoms with Gasteiger partial charge in [0.15, 0.2) is 5.65 Å². The number of hydrogen-bond acceptors (Lipinski definition) is 4. The second-order valence-electron chi connectivity index (χ2n) is 3.67. The van der Waals surface area contributed by atoms with E-state index in [1.54, 1.807) is 10.9 Å². The summed E-state index contributed by atoms with van der Waals surface area (Å²) < 4.78 is 1.70. The zero-order valence-corrected chi connectivity index (χ0v) is 9.65. The molecule has 0 bridgehead atoms. The molecule has 0 unspecified atom stereocenters. The van der Waals surface area contributed by atoms with Gasteiger partial charge in [0.1, 0.15) is 11.0 Å². The van der Waals surface area contributed by atoms with Gasteiger partial charge in [-0.05, 0) is 14.1 Å². The van der Waals surface area contributed by atoms with E-state index in [2.05, 4.69) is 15.1 Å². The molecule has 0 aliphatic heterocycles. The SMILES string of the molecule is CN(C)Cc1nc(Cl)c2cnn(C)c2n1. The van der Waals surface area contributed by atoms with Crippen LogP contribution in [0.1, 0.15) is 5.82 Å². The third-order valence-corrected chi connectivity index (χ3v) is 2.34. The predicted molar refractivity (Wildman–Crippen MR) is 58.7 cm³/mol. The lowest BCUT2D eigenvalue weighted by molar-refractivity contribution is 0.391. The highest BCUT2D eigenvalue weighted by Crippen LogP contribution is 2.19. The number of halogens is 1. The van der Waals surface area contributed by atoms with Gasteiger partial charge >= 0.3 is 0 Å². The fourth-order valence-electron chi connectivity index (χ4n) is 1.38. The van der Waals surface area contributed by atoms with Crippen molar-refractivity contribution < 1.29 is 0 Å². The summed E-state index contributed by atoms with van der Waals surface area (Å²) in [5, 5.41) is 5.35. The lowest BCUT2D eigenvalue weighted by Crippen LogP contribution is -2.13. The molecular formula is C9H12ClN5. The Bertz CT molecular complexity index is 490. The zero-order chi connectivity index (χ0) is 11.0. The molecule has 0 atom stereocenters. The molecule has 0 fully saturated rings. The molecule has 0 amide bonds. The van der Waals surface area contributed by atoms with Crippen molar-refractivity contribution in [3.05, 3.63) is 17.2 Å². The van der Waals surface area contributed by atoms with Gasteiger partial charge in [0.2, 0.25) is 0 Å². The van der Waals surface area contributed by atoms with Crippen LogP contribution in [0.15, 0.2) is 6.20 Å². The van der Waals surface area contributed by atoms with Crippen molar-refractivity contribution in [1.29, 1.82) is 0 Å². The molecule has 15 heavy (non-hydrogen) atoms. The molecule has 0 saturated carbocycles. The van der Waals surface area contributed by atoms with E-state index >= 15 is 0 Å². The van der Waals surface area contributed by atoms with Crippen molar-refractivity contribution in [3.8, 4) is 0 Å². The molecule has 0 aliphatic rings. The molecule has 5 nitrogen and oxygen atoms in total. The molecule has 0 spiro atoms. The Labute approximate surface area is 92.7 Å². The highest BCUT2D eigenvalue weighted by atomic mass is 35.5. The molecular weight excluding hydrogens is 214 g/mol. The van der Waals surface area contributed by atoms with Gasteiger partial charge in [0.05, 0.1) is 18.1 Å². The molecule has 0 aromatic carbocycles. The summed E-state index contributed by atoms with van der Waals surface area (Å²) in [6, 6.07) is 0. The van der Waals surface area contributed by atoms with E-state index in [1.165, 1.54) is 0 Å². The van der Waals surface area contributed by atoms with E-state index < -0.39 is 0 Å². The summed E-state index contributed by atoms with van der Waals surface area (Å²) in [4.78, 5) is 10.6. The molecule has 0 aliphatic carbocycles. The molecule has 2 heterocycles. The standard InChI is InChI=1S/C9H12ClN5/c1-14(2)5-7-12-8(10)6-4-11-15(3)9(6)13-7/h4H,5H2,1-3H3. The van der Waals surface area contributed by atoms with Crippen LogP contribution in [-0.2, 0) is 13.6 Å². The Balaban J connectivity index is 2.55. The van der Waals surface area contributed by atoms with Crippen LogP contribution >= 0.6 is 11.6 Å². The first-order valence-electron chi connectivity index (χ1n) is 4.57. The van der Waals surface area contributed by atoms with Crippen LogP contribution < -0.4 is 0 Å². The van der Waals surface area contributed by atoms with E-state index in [0.29, 0.717) is 17.5 Å². The van der Waals surface area contributed by atoms with Crippen LogP contribution in [0.5, 0.6) is 0 Å². The maximum absolute atomic E-state index is 6.04. The highest BCUT2D eigenvalue weighted by molar-refractivity contribution is 6.33. The molecule has 2 aromatic rings. The van der Waals surface area contributed by atoms with E-state index in [4.69, 9.17) is 11.6 Å². The van der Waals surface area contributed by atoms with Gasteiger partial charge in [-0.15, -0.1) is 0 Å². The van der Waals surface area contributed by atoms with Crippen molar-refractivity contribution >= 4 is 22.6 Å². The molecule has 0 N–H and O–H groups in total. The zero-order valence-electron chi connectivity index (χ0n) is 8.90. The Morgan fingerprint density at radius 1 is 1.40 bits per heavy atom. The van der Waals surface area contributed by atoms with Crippen molar-refractivity contribution in [1.82, 2.24) is 24.6 Å². The Morgan fingerprint density at radius 3 is 2.80 bits per heavy atom. The normalized spacial score (nSPS) is 11.5. The van der Waals surface area contributed by atoms with Gasteiger partial charge < -0.3 is 4.90 Å². The van der Waals surface area contributed by atoms with Crippen LogP contribution in [0.4, 0.5) is 0 Å². The molecule has 6 heteroatoms. The summed E-state index contributed by atoms with van der Waals surface area (Å²) in [6.07, 6.45) is 1.68. The third-order valence-electron chi connectivity index (χ3n) is 2.05. The summed E-state index contributed by atoms with van der Waals surface area (Å²) in [7, 11) is 5.76. The molecule has 0 saturated heterocycles. The van der Waals surface area contributed by atoms with E-state index in [1.807, 2.05) is 26.0 Å². The number of hydrogen-bond donors (Lipinski definition) is 0. The number of fused-ring (bicyclic) bond motifs is 1. The molecule has 80 valence electrons. The second-order valence-corrected chi connectivity index (χ2v) is 4.03. The summed E-state index contributed by atoms with van der Waals surface area (Å²) >= 11 is 6.04.